The summed E-state index contributed by atoms with van der Waals surface area (Å²) in [6, 6.07) is 2.74. The van der Waals surface area contributed by atoms with Crippen LogP contribution in [0.5, 0.6) is 5.75 Å². The number of aliphatic imine (C=N–C) groups is 1. The Morgan fingerprint density at radius 2 is 1.80 bits per heavy atom. The Morgan fingerprint density at radius 1 is 1.24 bits per heavy atom. The Balaban J connectivity index is 3.49. The van der Waals surface area contributed by atoms with Crippen LogP contribution < -0.4 is 4.74 Å². The van der Waals surface area contributed by atoms with Gasteiger partial charge in [-0.1, -0.05) is 13.8 Å². The molecule has 1 atom stereocenters. The van der Waals surface area contributed by atoms with Gasteiger partial charge in [0, 0.05) is 24.7 Å². The van der Waals surface area contributed by atoms with E-state index in [-0.39, 0.29) is 11.3 Å². The van der Waals surface area contributed by atoms with Crippen molar-refractivity contribution in [1.29, 1.82) is 0 Å². The molecule has 0 saturated carbocycles. The van der Waals surface area contributed by atoms with Gasteiger partial charge in [0.2, 0.25) is 0 Å². The van der Waals surface area contributed by atoms with E-state index in [1.165, 1.54) is 33.1 Å². The van der Waals surface area contributed by atoms with Gasteiger partial charge in [-0.25, -0.2) is 4.99 Å². The third-order valence-corrected chi connectivity index (χ3v) is 4.37. The first-order valence-corrected chi connectivity index (χ1v) is 8.29. The van der Waals surface area contributed by atoms with E-state index in [9.17, 15) is 18.3 Å². The number of ether oxygens (including phenoxy) is 1. The van der Waals surface area contributed by atoms with E-state index in [0.717, 1.165) is 13.1 Å². The fourth-order valence-corrected chi connectivity index (χ4v) is 2.60. The van der Waals surface area contributed by atoms with Crippen molar-refractivity contribution in [3.8, 4) is 5.75 Å². The molecule has 7 heteroatoms. The summed E-state index contributed by atoms with van der Waals surface area (Å²) in [5.41, 5.74) is -2.26. The predicted octanol–water partition coefficient (Wildman–Crippen LogP) is 4.41. The monoisotopic (exact) mass is 360 g/mol. The smallest absolute Gasteiger partial charge is 0.421 e. The van der Waals surface area contributed by atoms with Crippen LogP contribution in [0, 0.1) is 12.8 Å². The molecule has 142 valence electrons. The van der Waals surface area contributed by atoms with Gasteiger partial charge in [-0.3, -0.25) is 0 Å². The van der Waals surface area contributed by atoms with Crippen molar-refractivity contribution in [2.24, 2.45) is 10.9 Å². The number of methoxy groups -OCH3 is 1. The molecule has 0 aliphatic heterocycles. The van der Waals surface area contributed by atoms with Gasteiger partial charge in [-0.2, -0.15) is 13.2 Å². The van der Waals surface area contributed by atoms with Gasteiger partial charge in [0.1, 0.15) is 5.75 Å². The molecule has 0 saturated heterocycles. The maximum Gasteiger partial charge on any atom is 0.421 e. The first kappa shape index (κ1) is 21.3. The molecule has 1 unspecified atom stereocenters. The highest BCUT2D eigenvalue weighted by atomic mass is 19.4. The maximum absolute atomic E-state index is 13.6. The minimum atomic E-state index is -4.83. The third kappa shape index (κ3) is 4.26. The van der Waals surface area contributed by atoms with Crippen molar-refractivity contribution >= 4 is 12.0 Å². The number of benzene rings is 1. The number of aryl methyl sites for hydroxylation is 1. The minimum absolute atomic E-state index is 0.0363. The number of nitrogens with zero attached hydrogens (tertiary/aromatic N) is 2. The maximum atomic E-state index is 13.6. The lowest BCUT2D eigenvalue weighted by atomic mass is 9.81. The largest absolute Gasteiger partial charge is 0.496 e. The Morgan fingerprint density at radius 3 is 2.20 bits per heavy atom. The summed E-state index contributed by atoms with van der Waals surface area (Å²) in [4.78, 5) is 6.30. The van der Waals surface area contributed by atoms with Crippen molar-refractivity contribution in [2.45, 2.75) is 46.4 Å². The van der Waals surface area contributed by atoms with Gasteiger partial charge in [-0.05, 0) is 38.3 Å². The number of hydrogen-bond acceptors (Lipinski definition) is 3. The molecule has 0 fully saturated rings. The van der Waals surface area contributed by atoms with Crippen LogP contribution in [0.25, 0.3) is 0 Å². The van der Waals surface area contributed by atoms with Crippen LogP contribution in [0.15, 0.2) is 17.1 Å². The molecule has 0 spiro atoms. The third-order valence-electron chi connectivity index (χ3n) is 4.37. The number of halogens is 3. The Kier molecular flexibility index (Phi) is 6.88. The summed E-state index contributed by atoms with van der Waals surface area (Å²) in [7, 11) is 1.28. The summed E-state index contributed by atoms with van der Waals surface area (Å²) in [5, 5.41) is 10.5. The molecule has 0 heterocycles. The highest BCUT2D eigenvalue weighted by Gasteiger charge is 2.58. The Labute approximate surface area is 147 Å². The molecule has 1 aromatic rings. The molecule has 0 aromatic heterocycles. The second-order valence-corrected chi connectivity index (χ2v) is 6.22. The average Bonchev–Trinajstić information content (AvgIpc) is 2.54. The van der Waals surface area contributed by atoms with Crippen molar-refractivity contribution in [3.63, 3.8) is 0 Å². The van der Waals surface area contributed by atoms with Gasteiger partial charge < -0.3 is 14.7 Å². The Bertz CT molecular complexity index is 611. The summed E-state index contributed by atoms with van der Waals surface area (Å²) in [6.07, 6.45) is -3.17. The quantitative estimate of drug-likeness (QED) is 0.579. The highest BCUT2D eigenvalue weighted by molar-refractivity contribution is 5.65. The normalized spacial score (nSPS) is 14.8. The number of rotatable bonds is 7. The van der Waals surface area contributed by atoms with Crippen molar-refractivity contribution in [1.82, 2.24) is 4.90 Å². The summed E-state index contributed by atoms with van der Waals surface area (Å²) in [6.45, 7) is 9.83. The molecule has 4 nitrogen and oxygen atoms in total. The topological polar surface area (TPSA) is 45.1 Å². The lowest BCUT2D eigenvalue weighted by Crippen LogP contribution is -2.47. The minimum Gasteiger partial charge on any atom is -0.496 e. The zero-order chi connectivity index (χ0) is 19.4. The molecule has 0 bridgehead atoms. The SMILES string of the molecule is CCN(C=Nc1cc(OC)c(C(O)(C(C)C)C(F)(F)F)cc1C)CC. The second-order valence-electron chi connectivity index (χ2n) is 6.22. The van der Waals surface area contributed by atoms with Gasteiger partial charge in [0.25, 0.3) is 0 Å². The van der Waals surface area contributed by atoms with E-state index < -0.39 is 17.7 Å². The summed E-state index contributed by atoms with van der Waals surface area (Å²) < 4.78 is 45.9. The summed E-state index contributed by atoms with van der Waals surface area (Å²) >= 11 is 0. The van der Waals surface area contributed by atoms with E-state index in [4.69, 9.17) is 4.74 Å². The zero-order valence-electron chi connectivity index (χ0n) is 15.6. The summed E-state index contributed by atoms with van der Waals surface area (Å²) in [5.74, 6) is -1.11. The zero-order valence-corrected chi connectivity index (χ0v) is 15.6. The van der Waals surface area contributed by atoms with Crippen LogP contribution in [-0.4, -0.2) is 42.7 Å². The van der Waals surface area contributed by atoms with Crippen LogP contribution in [0.2, 0.25) is 0 Å². The van der Waals surface area contributed by atoms with Crippen LogP contribution in [0.4, 0.5) is 18.9 Å². The second kappa shape index (κ2) is 8.08. The molecule has 1 rings (SSSR count). The van der Waals surface area contributed by atoms with Gasteiger partial charge in [-0.15, -0.1) is 0 Å². The molecular weight excluding hydrogens is 333 g/mol. The molecule has 25 heavy (non-hydrogen) atoms. The predicted molar refractivity (Wildman–Crippen MR) is 93.6 cm³/mol. The van der Waals surface area contributed by atoms with E-state index in [2.05, 4.69) is 4.99 Å². The molecule has 1 N–H and O–H groups in total. The van der Waals surface area contributed by atoms with E-state index in [0.29, 0.717) is 11.3 Å². The fourth-order valence-electron chi connectivity index (χ4n) is 2.60. The number of hydrogen-bond donors (Lipinski definition) is 1. The van der Waals surface area contributed by atoms with Gasteiger partial charge >= 0.3 is 6.18 Å². The van der Waals surface area contributed by atoms with E-state index in [1.54, 1.807) is 13.3 Å². The molecule has 0 radical (unpaired) electrons. The van der Waals surface area contributed by atoms with Crippen LogP contribution in [-0.2, 0) is 5.60 Å². The fraction of sp³-hybridized carbons (Fsp3) is 0.611. The van der Waals surface area contributed by atoms with E-state index >= 15 is 0 Å². The van der Waals surface area contributed by atoms with E-state index in [1.807, 2.05) is 18.7 Å². The lowest BCUT2D eigenvalue weighted by Gasteiger charge is -2.35. The number of alkyl halides is 3. The average molecular weight is 360 g/mol. The molecule has 0 aliphatic carbocycles. The molecule has 0 amide bonds. The highest BCUT2D eigenvalue weighted by Crippen LogP contribution is 2.48. The lowest BCUT2D eigenvalue weighted by molar-refractivity contribution is -0.283. The van der Waals surface area contributed by atoms with Crippen molar-refractivity contribution in [2.75, 3.05) is 20.2 Å². The van der Waals surface area contributed by atoms with Gasteiger partial charge in [0.05, 0.1) is 19.1 Å². The van der Waals surface area contributed by atoms with Crippen LogP contribution >= 0.6 is 0 Å². The number of aliphatic hydroxyl groups is 1. The van der Waals surface area contributed by atoms with Crippen molar-refractivity contribution in [3.05, 3.63) is 23.3 Å². The molecular formula is C18H27F3N2O2. The standard InChI is InChI=1S/C18H27F3N2O2/c1-7-23(8-2)11-22-15-10-16(25-6)14(9-13(15)5)17(24,12(3)4)18(19,20)21/h9-12,24H,7-8H2,1-6H3. The van der Waals surface area contributed by atoms with Crippen molar-refractivity contribution < 1.29 is 23.0 Å². The van der Waals surface area contributed by atoms with Crippen LogP contribution in [0.3, 0.4) is 0 Å². The molecule has 1 aromatic carbocycles. The Hall–Kier alpha value is -1.76. The molecule has 0 aliphatic rings. The first-order valence-electron chi connectivity index (χ1n) is 8.29. The van der Waals surface area contributed by atoms with Gasteiger partial charge in [0.15, 0.2) is 5.60 Å². The van der Waals surface area contributed by atoms with Crippen LogP contribution in [0.1, 0.15) is 38.8 Å². The first-order chi connectivity index (χ1) is 11.5.